The average molecular weight is 395 g/mol. The second kappa shape index (κ2) is 6.68. The molecule has 3 aliphatic heterocycles. The minimum atomic E-state index is -0.574. The van der Waals surface area contributed by atoms with Crippen LogP contribution < -0.4 is 10.2 Å². The maximum Gasteiger partial charge on any atom is 0.255 e. The third kappa shape index (κ3) is 3.03. The van der Waals surface area contributed by atoms with Gasteiger partial charge in [-0.25, -0.2) is 0 Å². The van der Waals surface area contributed by atoms with Crippen molar-refractivity contribution in [3.63, 3.8) is 0 Å². The lowest BCUT2D eigenvalue weighted by Gasteiger charge is -2.51. The second-order valence-corrected chi connectivity index (χ2v) is 9.03. The van der Waals surface area contributed by atoms with E-state index in [0.717, 1.165) is 56.3 Å². The van der Waals surface area contributed by atoms with Crippen molar-refractivity contribution in [3.8, 4) is 0 Å². The number of nitrogens with one attached hydrogen (secondary N) is 1. The van der Waals surface area contributed by atoms with E-state index >= 15 is 0 Å². The molecule has 4 aliphatic rings. The number of anilines is 1. The van der Waals surface area contributed by atoms with Gasteiger partial charge >= 0.3 is 0 Å². The third-order valence-electron chi connectivity index (χ3n) is 7.28. The predicted molar refractivity (Wildman–Crippen MR) is 105 cm³/mol. The second-order valence-electron chi connectivity index (χ2n) is 9.03. The molecule has 1 atom stereocenters. The standard InChI is InChI=1S/C22H25N3O4/c26-13-14-10-22(11-14)5-7-24(8-6-22)16-2-1-15-12-25(21(29)17(15)9-16)18-3-4-19(27)23-20(18)28/h1-2,9,13-14,18H,3-8,10-12H2,(H,23,27,28). The number of imide groups is 1. The molecule has 1 unspecified atom stereocenters. The van der Waals surface area contributed by atoms with Crippen molar-refractivity contribution in [2.75, 3.05) is 18.0 Å². The first-order valence-electron chi connectivity index (χ1n) is 10.5. The van der Waals surface area contributed by atoms with Gasteiger partial charge < -0.3 is 14.6 Å². The van der Waals surface area contributed by atoms with Gasteiger partial charge in [-0.1, -0.05) is 6.07 Å². The van der Waals surface area contributed by atoms with Crippen molar-refractivity contribution >= 4 is 29.7 Å². The van der Waals surface area contributed by atoms with Crippen LogP contribution in [-0.4, -0.2) is 48.0 Å². The number of nitrogens with zero attached hydrogens (tertiary/aromatic N) is 2. The van der Waals surface area contributed by atoms with Crippen LogP contribution >= 0.6 is 0 Å². The van der Waals surface area contributed by atoms with Crippen molar-refractivity contribution in [2.45, 2.75) is 51.1 Å². The molecule has 1 aromatic rings. The summed E-state index contributed by atoms with van der Waals surface area (Å²) >= 11 is 0. The van der Waals surface area contributed by atoms with E-state index in [9.17, 15) is 19.2 Å². The van der Waals surface area contributed by atoms with Crippen LogP contribution in [0.5, 0.6) is 0 Å². The lowest BCUT2D eigenvalue weighted by atomic mass is 9.58. The molecular weight excluding hydrogens is 370 g/mol. The zero-order chi connectivity index (χ0) is 20.2. The molecule has 3 heterocycles. The lowest BCUT2D eigenvalue weighted by molar-refractivity contribution is -0.136. The maximum atomic E-state index is 13.0. The highest BCUT2D eigenvalue weighted by Gasteiger charge is 2.46. The molecule has 7 heteroatoms. The van der Waals surface area contributed by atoms with Gasteiger partial charge in [0, 0.05) is 43.2 Å². The molecule has 0 radical (unpaired) electrons. The minimum absolute atomic E-state index is 0.127. The van der Waals surface area contributed by atoms with Gasteiger partial charge in [0.1, 0.15) is 12.3 Å². The molecule has 1 saturated carbocycles. The quantitative estimate of drug-likeness (QED) is 0.621. The first-order chi connectivity index (χ1) is 14.0. The van der Waals surface area contributed by atoms with Crippen molar-refractivity contribution in [2.24, 2.45) is 11.3 Å². The number of benzene rings is 1. The molecular formula is C22H25N3O4. The first-order valence-corrected chi connectivity index (χ1v) is 10.5. The van der Waals surface area contributed by atoms with Gasteiger partial charge in [0.2, 0.25) is 11.8 Å². The summed E-state index contributed by atoms with van der Waals surface area (Å²) in [5.74, 6) is -0.528. The minimum Gasteiger partial charge on any atom is -0.371 e. The fourth-order valence-electron chi connectivity index (χ4n) is 5.54. The van der Waals surface area contributed by atoms with E-state index < -0.39 is 6.04 Å². The Hall–Kier alpha value is -2.70. The Morgan fingerprint density at radius 1 is 1.10 bits per heavy atom. The summed E-state index contributed by atoms with van der Waals surface area (Å²) in [5, 5.41) is 2.34. The smallest absolute Gasteiger partial charge is 0.255 e. The third-order valence-corrected chi connectivity index (χ3v) is 7.28. The number of piperidine rings is 2. The zero-order valence-electron chi connectivity index (χ0n) is 16.4. The molecule has 1 aliphatic carbocycles. The number of amides is 3. The van der Waals surface area contributed by atoms with Crippen LogP contribution in [-0.2, 0) is 20.9 Å². The van der Waals surface area contributed by atoms with Gasteiger partial charge in [0.05, 0.1) is 0 Å². The van der Waals surface area contributed by atoms with Crippen LogP contribution in [0.1, 0.15) is 54.4 Å². The van der Waals surface area contributed by atoms with E-state index in [2.05, 4.69) is 16.3 Å². The largest absolute Gasteiger partial charge is 0.371 e. The molecule has 29 heavy (non-hydrogen) atoms. The Labute approximate surface area is 169 Å². The van der Waals surface area contributed by atoms with Gasteiger partial charge in [0.15, 0.2) is 0 Å². The molecule has 1 spiro atoms. The van der Waals surface area contributed by atoms with E-state index in [-0.39, 0.29) is 30.1 Å². The summed E-state index contributed by atoms with van der Waals surface area (Å²) in [5.41, 5.74) is 2.99. The van der Waals surface area contributed by atoms with Crippen LogP contribution in [0.4, 0.5) is 5.69 Å². The molecule has 1 N–H and O–H groups in total. The summed E-state index contributed by atoms with van der Waals surface area (Å²) in [7, 11) is 0. The highest BCUT2D eigenvalue weighted by atomic mass is 16.2. The van der Waals surface area contributed by atoms with Gasteiger partial charge in [-0.3, -0.25) is 19.7 Å². The zero-order valence-corrected chi connectivity index (χ0v) is 16.4. The molecule has 5 rings (SSSR count). The monoisotopic (exact) mass is 395 g/mol. The summed E-state index contributed by atoms with van der Waals surface area (Å²) in [6.45, 7) is 2.29. The van der Waals surface area contributed by atoms with Gasteiger partial charge in [-0.05, 0) is 55.2 Å². The van der Waals surface area contributed by atoms with E-state index in [0.29, 0.717) is 23.9 Å². The van der Waals surface area contributed by atoms with Crippen molar-refractivity contribution < 1.29 is 19.2 Å². The van der Waals surface area contributed by atoms with E-state index in [1.54, 1.807) is 4.90 Å². The predicted octanol–water partition coefficient (Wildman–Crippen LogP) is 1.64. The number of carbonyl (C=O) groups excluding carboxylic acids is 4. The molecule has 0 bridgehead atoms. The number of rotatable bonds is 3. The molecule has 7 nitrogen and oxygen atoms in total. The molecule has 1 aromatic carbocycles. The van der Waals surface area contributed by atoms with Gasteiger partial charge in [-0.2, -0.15) is 0 Å². The summed E-state index contributed by atoms with van der Waals surface area (Å²) in [4.78, 5) is 51.4. The molecule has 3 amide bonds. The molecule has 2 saturated heterocycles. The maximum absolute atomic E-state index is 13.0. The van der Waals surface area contributed by atoms with Crippen LogP contribution in [0.15, 0.2) is 18.2 Å². The van der Waals surface area contributed by atoms with Crippen LogP contribution in [0.3, 0.4) is 0 Å². The van der Waals surface area contributed by atoms with Crippen molar-refractivity contribution in [1.29, 1.82) is 0 Å². The average Bonchev–Trinajstić information content (AvgIpc) is 3.02. The van der Waals surface area contributed by atoms with Crippen LogP contribution in [0, 0.1) is 11.3 Å². The van der Waals surface area contributed by atoms with Gasteiger partial charge in [-0.15, -0.1) is 0 Å². The SMILES string of the molecule is O=CC1CC2(CCN(c3ccc4c(c3)C(=O)N(C3CCC(=O)NC3=O)C4)CC2)C1. The van der Waals surface area contributed by atoms with E-state index in [4.69, 9.17) is 0 Å². The normalized spacial score (nSPS) is 26.3. The highest BCUT2D eigenvalue weighted by molar-refractivity contribution is 6.05. The van der Waals surface area contributed by atoms with Crippen LogP contribution in [0.25, 0.3) is 0 Å². The Bertz CT molecular complexity index is 895. The number of carbonyl (C=O) groups is 4. The van der Waals surface area contributed by atoms with Crippen molar-refractivity contribution in [1.82, 2.24) is 10.2 Å². The molecule has 0 aromatic heterocycles. The number of aldehydes is 1. The summed E-state index contributed by atoms with van der Waals surface area (Å²) in [6, 6.07) is 5.43. The van der Waals surface area contributed by atoms with Crippen molar-refractivity contribution in [3.05, 3.63) is 29.3 Å². The molecule has 3 fully saturated rings. The first kappa shape index (κ1) is 18.3. The van der Waals surface area contributed by atoms with Gasteiger partial charge in [0.25, 0.3) is 5.91 Å². The summed E-state index contributed by atoms with van der Waals surface area (Å²) < 4.78 is 0. The lowest BCUT2D eigenvalue weighted by Crippen LogP contribution is -2.52. The number of hydrogen-bond acceptors (Lipinski definition) is 5. The fraction of sp³-hybridized carbons (Fsp3) is 0.545. The number of hydrogen-bond donors (Lipinski definition) is 1. The molecule has 152 valence electrons. The Morgan fingerprint density at radius 3 is 2.55 bits per heavy atom. The fourth-order valence-corrected chi connectivity index (χ4v) is 5.54. The Kier molecular flexibility index (Phi) is 4.22. The Balaban J connectivity index is 1.28. The summed E-state index contributed by atoms with van der Waals surface area (Å²) in [6.07, 6.45) is 5.96. The Morgan fingerprint density at radius 2 is 1.86 bits per heavy atom. The number of fused-ring (bicyclic) bond motifs is 1. The highest BCUT2D eigenvalue weighted by Crippen LogP contribution is 2.52. The topological polar surface area (TPSA) is 86.8 Å². The van der Waals surface area contributed by atoms with E-state index in [1.807, 2.05) is 12.1 Å². The van der Waals surface area contributed by atoms with E-state index in [1.165, 1.54) is 0 Å². The van der Waals surface area contributed by atoms with Crippen LogP contribution in [0.2, 0.25) is 0 Å².